The Morgan fingerprint density at radius 1 is 1.07 bits per heavy atom. The number of carbonyl (C=O) groups excluding carboxylic acids is 1. The topological polar surface area (TPSA) is 75.3 Å². The lowest BCUT2D eigenvalue weighted by Gasteiger charge is -2.10. The van der Waals surface area contributed by atoms with E-state index in [1.807, 2.05) is 0 Å². The molecule has 0 spiro atoms. The molecular weight excluding hydrogens is 401 g/mol. The van der Waals surface area contributed by atoms with E-state index in [1.54, 1.807) is 0 Å². The van der Waals surface area contributed by atoms with E-state index in [-0.39, 0.29) is 38.8 Å². The van der Waals surface area contributed by atoms with E-state index in [0.29, 0.717) is 0 Å². The normalized spacial score (nSPS) is 14.8. The lowest BCUT2D eigenvalue weighted by molar-refractivity contribution is -0.0328. The van der Waals surface area contributed by atoms with E-state index in [4.69, 9.17) is 0 Å². The summed E-state index contributed by atoms with van der Waals surface area (Å²) in [6, 6.07) is 10.7. The predicted molar refractivity (Wildman–Crippen MR) is 96.1 cm³/mol. The molecule has 3 rings (SSSR count). The van der Waals surface area contributed by atoms with Gasteiger partial charge in [0, 0.05) is 22.2 Å². The van der Waals surface area contributed by atoms with Gasteiger partial charge in [-0.3, -0.25) is 4.79 Å². The molecule has 0 saturated heterocycles. The van der Waals surface area contributed by atoms with Gasteiger partial charge in [-0.05, 0) is 67.1 Å². The molecule has 2 aromatic rings. The van der Waals surface area contributed by atoms with E-state index in [1.165, 1.54) is 48.5 Å². The van der Waals surface area contributed by atoms with Gasteiger partial charge in [-0.25, -0.2) is 13.1 Å². The molecule has 0 unspecified atom stereocenters. The van der Waals surface area contributed by atoms with Crippen molar-refractivity contribution in [1.29, 1.82) is 0 Å². The molecule has 0 aliphatic heterocycles. The van der Waals surface area contributed by atoms with Gasteiger partial charge >= 0.3 is 5.51 Å². The van der Waals surface area contributed by atoms with E-state index in [0.717, 1.165) is 12.8 Å². The second kappa shape index (κ2) is 7.53. The largest absolute Gasteiger partial charge is 0.446 e. The van der Waals surface area contributed by atoms with E-state index >= 15 is 0 Å². The lowest BCUT2D eigenvalue weighted by Crippen LogP contribution is -2.25. The molecule has 0 heterocycles. The molecule has 0 radical (unpaired) electrons. The fourth-order valence-electron chi connectivity index (χ4n) is 2.24. The second-order valence-electron chi connectivity index (χ2n) is 5.95. The second-order valence-corrected chi connectivity index (χ2v) is 8.80. The van der Waals surface area contributed by atoms with Gasteiger partial charge in [-0.2, -0.15) is 13.2 Å². The predicted octanol–water partition coefficient (Wildman–Crippen LogP) is 3.99. The Labute approximate surface area is 158 Å². The monoisotopic (exact) mass is 416 g/mol. The Balaban J connectivity index is 1.69. The van der Waals surface area contributed by atoms with Crippen molar-refractivity contribution >= 4 is 33.4 Å². The van der Waals surface area contributed by atoms with Crippen LogP contribution >= 0.6 is 11.8 Å². The van der Waals surface area contributed by atoms with Crippen LogP contribution in [0.1, 0.15) is 23.2 Å². The number of hydrogen-bond acceptors (Lipinski definition) is 4. The average Bonchev–Trinajstić information content (AvgIpc) is 3.37. The van der Waals surface area contributed by atoms with Crippen molar-refractivity contribution in [2.24, 2.45) is 0 Å². The number of sulfonamides is 1. The Kier molecular flexibility index (Phi) is 5.50. The van der Waals surface area contributed by atoms with Crippen LogP contribution in [-0.2, 0) is 10.0 Å². The number of alkyl halides is 3. The first kappa shape index (κ1) is 19.7. The number of anilines is 1. The summed E-state index contributed by atoms with van der Waals surface area (Å²) in [5.41, 5.74) is -3.97. The number of benzene rings is 2. The van der Waals surface area contributed by atoms with Crippen LogP contribution in [-0.4, -0.2) is 25.9 Å². The summed E-state index contributed by atoms with van der Waals surface area (Å²) < 4.78 is 64.0. The maximum absolute atomic E-state index is 12.3. The number of hydrogen-bond donors (Lipinski definition) is 2. The minimum atomic E-state index is -4.40. The average molecular weight is 416 g/mol. The summed E-state index contributed by atoms with van der Waals surface area (Å²) in [6.45, 7) is 0. The fraction of sp³-hybridized carbons (Fsp3) is 0.235. The van der Waals surface area contributed by atoms with Crippen molar-refractivity contribution in [3.8, 4) is 0 Å². The smallest absolute Gasteiger partial charge is 0.322 e. The molecule has 10 heteroatoms. The number of nitrogens with one attached hydrogen (secondary N) is 2. The molecule has 1 fully saturated rings. The molecule has 0 bridgehead atoms. The van der Waals surface area contributed by atoms with Crippen LogP contribution in [0.25, 0.3) is 0 Å². The van der Waals surface area contributed by atoms with E-state index < -0.39 is 21.4 Å². The molecule has 1 saturated carbocycles. The van der Waals surface area contributed by atoms with Gasteiger partial charge in [0.2, 0.25) is 10.0 Å². The number of thioether (sulfide) groups is 1. The van der Waals surface area contributed by atoms with Crippen LogP contribution in [0, 0.1) is 0 Å². The molecule has 1 amide bonds. The molecule has 2 aromatic carbocycles. The van der Waals surface area contributed by atoms with Crippen LogP contribution in [0.5, 0.6) is 0 Å². The molecule has 5 nitrogen and oxygen atoms in total. The minimum Gasteiger partial charge on any atom is -0.322 e. The van der Waals surface area contributed by atoms with Crippen LogP contribution in [0.2, 0.25) is 0 Å². The highest BCUT2D eigenvalue weighted by atomic mass is 32.2. The number of carbonyl (C=O) groups is 1. The van der Waals surface area contributed by atoms with Crippen LogP contribution in [0.4, 0.5) is 18.9 Å². The first-order chi connectivity index (χ1) is 12.6. The Hall–Kier alpha value is -2.04. The molecule has 0 atom stereocenters. The van der Waals surface area contributed by atoms with Gasteiger partial charge in [0.25, 0.3) is 5.91 Å². The lowest BCUT2D eigenvalue weighted by atomic mass is 10.2. The van der Waals surface area contributed by atoms with Crippen LogP contribution < -0.4 is 10.0 Å². The molecule has 1 aliphatic carbocycles. The third kappa shape index (κ3) is 5.72. The minimum absolute atomic E-state index is 0.0294. The Morgan fingerprint density at radius 3 is 2.33 bits per heavy atom. The van der Waals surface area contributed by atoms with Gasteiger partial charge in [-0.15, -0.1) is 0 Å². The molecule has 144 valence electrons. The van der Waals surface area contributed by atoms with Crippen molar-refractivity contribution in [2.45, 2.75) is 34.2 Å². The third-order valence-electron chi connectivity index (χ3n) is 3.65. The van der Waals surface area contributed by atoms with Gasteiger partial charge in [-0.1, -0.05) is 6.07 Å². The van der Waals surface area contributed by atoms with Crippen LogP contribution in [0.3, 0.4) is 0 Å². The van der Waals surface area contributed by atoms with Crippen molar-refractivity contribution < 1.29 is 26.4 Å². The highest BCUT2D eigenvalue weighted by Crippen LogP contribution is 2.36. The fourth-order valence-corrected chi connectivity index (χ4v) is 4.13. The Morgan fingerprint density at radius 2 is 1.74 bits per heavy atom. The number of halogens is 3. The van der Waals surface area contributed by atoms with Crippen molar-refractivity contribution in [3.63, 3.8) is 0 Å². The van der Waals surface area contributed by atoms with Gasteiger partial charge in [0.1, 0.15) is 0 Å². The maximum atomic E-state index is 12.3. The van der Waals surface area contributed by atoms with Crippen molar-refractivity contribution in [3.05, 3.63) is 54.1 Å². The van der Waals surface area contributed by atoms with Crippen molar-refractivity contribution in [2.75, 3.05) is 5.32 Å². The molecule has 0 aromatic heterocycles. The number of amides is 1. The third-order valence-corrected chi connectivity index (χ3v) is 5.91. The van der Waals surface area contributed by atoms with Gasteiger partial charge in [0.15, 0.2) is 0 Å². The summed E-state index contributed by atoms with van der Waals surface area (Å²) in [5.74, 6) is -0.553. The van der Waals surface area contributed by atoms with E-state index in [2.05, 4.69) is 10.0 Å². The standard InChI is InChI=1S/C17H15F3N2O3S2/c18-17(19,20)26-14-8-4-11(5-9-14)16(23)21-13-2-1-3-15(10-13)27(24,25)22-12-6-7-12/h1-5,8-10,12,22H,6-7H2,(H,21,23). The Bertz CT molecular complexity index is 941. The molecule has 1 aliphatic rings. The zero-order valence-corrected chi connectivity index (χ0v) is 15.4. The zero-order chi connectivity index (χ0) is 19.7. The molecular formula is C17H15F3N2O3S2. The van der Waals surface area contributed by atoms with Crippen molar-refractivity contribution in [1.82, 2.24) is 4.72 Å². The zero-order valence-electron chi connectivity index (χ0n) is 13.8. The number of rotatable bonds is 6. The van der Waals surface area contributed by atoms with Crippen LogP contribution in [0.15, 0.2) is 58.3 Å². The maximum Gasteiger partial charge on any atom is 0.446 e. The summed E-state index contributed by atoms with van der Waals surface area (Å²) in [4.78, 5) is 12.3. The quantitative estimate of drug-likeness (QED) is 0.699. The highest BCUT2D eigenvalue weighted by Gasteiger charge is 2.29. The summed E-state index contributed by atoms with van der Waals surface area (Å²) in [7, 11) is -3.65. The molecule has 2 N–H and O–H groups in total. The van der Waals surface area contributed by atoms with E-state index in [9.17, 15) is 26.4 Å². The highest BCUT2D eigenvalue weighted by molar-refractivity contribution is 8.00. The summed E-state index contributed by atoms with van der Waals surface area (Å²) >= 11 is -0.266. The molecule has 27 heavy (non-hydrogen) atoms. The van der Waals surface area contributed by atoms with Gasteiger partial charge < -0.3 is 5.32 Å². The SMILES string of the molecule is O=C(Nc1cccc(S(=O)(=O)NC2CC2)c1)c1ccc(SC(F)(F)F)cc1. The first-order valence-electron chi connectivity index (χ1n) is 7.92. The van der Waals surface area contributed by atoms with Gasteiger partial charge in [0.05, 0.1) is 4.90 Å². The summed E-state index contributed by atoms with van der Waals surface area (Å²) in [6.07, 6.45) is 1.61. The summed E-state index contributed by atoms with van der Waals surface area (Å²) in [5, 5.41) is 2.55. The first-order valence-corrected chi connectivity index (χ1v) is 10.2.